The van der Waals surface area contributed by atoms with Gasteiger partial charge in [-0.25, -0.2) is 15.8 Å². The summed E-state index contributed by atoms with van der Waals surface area (Å²) in [4.78, 5) is 9.15. The molecule has 1 atom stereocenters. The van der Waals surface area contributed by atoms with Crippen molar-refractivity contribution in [3.05, 3.63) is 11.4 Å². The second-order valence-corrected chi connectivity index (χ2v) is 5.38. The molecule has 1 unspecified atom stereocenters. The highest BCUT2D eigenvalue weighted by Gasteiger charge is 2.28. The van der Waals surface area contributed by atoms with E-state index < -0.39 is 0 Å². The minimum Gasteiger partial charge on any atom is -0.379 e. The predicted molar refractivity (Wildman–Crippen MR) is 74.0 cm³/mol. The fraction of sp³-hybridized carbons (Fsp3) is 0.692. The van der Waals surface area contributed by atoms with Crippen LogP contribution in [0.25, 0.3) is 0 Å². The van der Waals surface area contributed by atoms with Gasteiger partial charge in [0, 0.05) is 18.1 Å². The summed E-state index contributed by atoms with van der Waals surface area (Å²) in [7, 11) is 0. The lowest BCUT2D eigenvalue weighted by Crippen LogP contribution is -2.31. The van der Waals surface area contributed by atoms with E-state index in [0.29, 0.717) is 12.0 Å². The molecule has 1 saturated heterocycles. The summed E-state index contributed by atoms with van der Waals surface area (Å²) in [5.74, 6) is 8.57. The molecule has 1 aliphatic heterocycles. The van der Waals surface area contributed by atoms with Crippen LogP contribution in [0.4, 0.5) is 11.6 Å². The maximum atomic E-state index is 5.55. The van der Waals surface area contributed by atoms with Crippen molar-refractivity contribution < 1.29 is 4.74 Å². The molecule has 1 aliphatic carbocycles. The number of aromatic nitrogens is 2. The molecule has 104 valence electrons. The van der Waals surface area contributed by atoms with Gasteiger partial charge in [-0.1, -0.05) is 0 Å². The van der Waals surface area contributed by atoms with E-state index in [1.807, 2.05) is 6.92 Å². The molecule has 2 aliphatic rings. The van der Waals surface area contributed by atoms with Crippen LogP contribution in [0, 0.1) is 6.92 Å². The Morgan fingerprint density at radius 1 is 1.21 bits per heavy atom. The van der Waals surface area contributed by atoms with Gasteiger partial charge in [0.1, 0.15) is 17.5 Å². The van der Waals surface area contributed by atoms with Crippen LogP contribution in [0.3, 0.4) is 0 Å². The van der Waals surface area contributed by atoms with E-state index in [4.69, 9.17) is 10.6 Å². The number of rotatable bonds is 4. The molecule has 0 aromatic carbocycles. The molecular formula is C13H21N5O. The number of nitrogens with zero attached hydrogens (tertiary/aromatic N) is 2. The Morgan fingerprint density at radius 2 is 2.00 bits per heavy atom. The van der Waals surface area contributed by atoms with E-state index >= 15 is 0 Å². The Morgan fingerprint density at radius 3 is 2.63 bits per heavy atom. The molecule has 1 saturated carbocycles. The molecule has 0 amide bonds. The summed E-state index contributed by atoms with van der Waals surface area (Å²) in [5, 5.41) is 3.48. The standard InChI is InChI=1S/C13H21N5O/c1-8-11(15-10-3-2-6-19-7-10)16-13(9-4-5-9)17-12(8)18-14/h9-10H,2-7,14H2,1H3,(H2,15,16,17,18). The molecule has 3 rings (SSSR count). The number of nitrogen functional groups attached to an aromatic ring is 1. The summed E-state index contributed by atoms with van der Waals surface area (Å²) >= 11 is 0. The highest BCUT2D eigenvalue weighted by molar-refractivity contribution is 5.57. The first kappa shape index (κ1) is 12.6. The fourth-order valence-electron chi connectivity index (χ4n) is 2.39. The first-order valence-electron chi connectivity index (χ1n) is 6.97. The van der Waals surface area contributed by atoms with Crippen molar-refractivity contribution in [1.29, 1.82) is 0 Å². The van der Waals surface area contributed by atoms with Crippen LogP contribution < -0.4 is 16.6 Å². The molecule has 2 fully saturated rings. The first-order valence-corrected chi connectivity index (χ1v) is 6.97. The molecule has 0 bridgehead atoms. The number of nitrogens with one attached hydrogen (secondary N) is 2. The van der Waals surface area contributed by atoms with Crippen molar-refractivity contribution >= 4 is 11.6 Å². The second kappa shape index (κ2) is 5.30. The number of anilines is 2. The van der Waals surface area contributed by atoms with Crippen molar-refractivity contribution in [3.8, 4) is 0 Å². The van der Waals surface area contributed by atoms with Gasteiger partial charge in [-0.3, -0.25) is 0 Å². The van der Waals surface area contributed by atoms with Crippen LogP contribution in [0.2, 0.25) is 0 Å². The van der Waals surface area contributed by atoms with E-state index in [1.54, 1.807) is 0 Å². The molecule has 0 spiro atoms. The minimum atomic E-state index is 0.333. The van der Waals surface area contributed by atoms with Gasteiger partial charge in [0.25, 0.3) is 0 Å². The zero-order valence-electron chi connectivity index (χ0n) is 11.3. The van der Waals surface area contributed by atoms with Gasteiger partial charge < -0.3 is 15.5 Å². The molecule has 19 heavy (non-hydrogen) atoms. The maximum absolute atomic E-state index is 5.55. The fourth-order valence-corrected chi connectivity index (χ4v) is 2.39. The third-order valence-corrected chi connectivity index (χ3v) is 3.74. The van der Waals surface area contributed by atoms with Crippen LogP contribution in [-0.2, 0) is 4.74 Å². The third-order valence-electron chi connectivity index (χ3n) is 3.74. The Bertz CT molecular complexity index is 455. The highest BCUT2D eigenvalue weighted by atomic mass is 16.5. The van der Waals surface area contributed by atoms with Crippen molar-refractivity contribution in [2.75, 3.05) is 24.0 Å². The zero-order valence-corrected chi connectivity index (χ0v) is 11.3. The maximum Gasteiger partial charge on any atom is 0.148 e. The third kappa shape index (κ3) is 2.79. The van der Waals surface area contributed by atoms with Gasteiger partial charge >= 0.3 is 0 Å². The number of nitrogens with two attached hydrogens (primary N) is 1. The molecule has 6 nitrogen and oxygen atoms in total. The monoisotopic (exact) mass is 263 g/mol. The largest absolute Gasteiger partial charge is 0.379 e. The van der Waals surface area contributed by atoms with Crippen molar-refractivity contribution in [2.24, 2.45) is 5.84 Å². The van der Waals surface area contributed by atoms with Gasteiger partial charge in [0.2, 0.25) is 0 Å². The van der Waals surface area contributed by atoms with Crippen molar-refractivity contribution in [1.82, 2.24) is 9.97 Å². The summed E-state index contributed by atoms with van der Waals surface area (Å²) in [5.41, 5.74) is 3.64. The van der Waals surface area contributed by atoms with E-state index in [9.17, 15) is 0 Å². The van der Waals surface area contributed by atoms with Gasteiger partial charge in [-0.15, -0.1) is 0 Å². The first-order chi connectivity index (χ1) is 9.28. The van der Waals surface area contributed by atoms with Crippen LogP contribution in [0.1, 0.15) is 43.0 Å². The Hall–Kier alpha value is -1.40. The molecule has 2 heterocycles. The number of hydrogen-bond donors (Lipinski definition) is 3. The van der Waals surface area contributed by atoms with Gasteiger partial charge in [0.15, 0.2) is 0 Å². The summed E-state index contributed by atoms with van der Waals surface area (Å²) in [6, 6.07) is 0.333. The topological polar surface area (TPSA) is 85.1 Å². The molecule has 4 N–H and O–H groups in total. The molecule has 1 aromatic heterocycles. The van der Waals surface area contributed by atoms with E-state index in [2.05, 4.69) is 20.7 Å². The van der Waals surface area contributed by atoms with Crippen LogP contribution in [0.5, 0.6) is 0 Å². The summed E-state index contributed by atoms with van der Waals surface area (Å²) in [6.45, 7) is 3.59. The number of ether oxygens (including phenoxy) is 1. The quantitative estimate of drug-likeness (QED) is 0.564. The van der Waals surface area contributed by atoms with Gasteiger partial charge in [-0.05, 0) is 32.6 Å². The number of hydrazine groups is 1. The summed E-state index contributed by atoms with van der Waals surface area (Å²) in [6.07, 6.45) is 4.57. The normalized spacial score (nSPS) is 23.2. The number of hydrogen-bond acceptors (Lipinski definition) is 6. The smallest absolute Gasteiger partial charge is 0.148 e. The average molecular weight is 263 g/mol. The Kier molecular flexibility index (Phi) is 3.52. The lowest BCUT2D eigenvalue weighted by Gasteiger charge is -2.25. The molecule has 0 radical (unpaired) electrons. The van der Waals surface area contributed by atoms with E-state index in [0.717, 1.165) is 49.1 Å². The molecular weight excluding hydrogens is 242 g/mol. The van der Waals surface area contributed by atoms with E-state index in [-0.39, 0.29) is 0 Å². The Balaban J connectivity index is 1.83. The van der Waals surface area contributed by atoms with Crippen LogP contribution >= 0.6 is 0 Å². The van der Waals surface area contributed by atoms with Crippen LogP contribution in [0.15, 0.2) is 0 Å². The summed E-state index contributed by atoms with van der Waals surface area (Å²) < 4.78 is 5.49. The van der Waals surface area contributed by atoms with E-state index in [1.165, 1.54) is 12.8 Å². The van der Waals surface area contributed by atoms with Gasteiger partial charge in [0.05, 0.1) is 12.6 Å². The van der Waals surface area contributed by atoms with Crippen molar-refractivity contribution in [2.45, 2.75) is 44.6 Å². The van der Waals surface area contributed by atoms with Crippen molar-refractivity contribution in [3.63, 3.8) is 0 Å². The molecule has 1 aromatic rings. The SMILES string of the molecule is Cc1c(NN)nc(C2CC2)nc1NC1CCCOC1. The lowest BCUT2D eigenvalue weighted by molar-refractivity contribution is 0.0875. The highest BCUT2D eigenvalue weighted by Crippen LogP contribution is 2.39. The predicted octanol–water partition coefficient (Wildman–Crippen LogP) is 1.54. The zero-order chi connectivity index (χ0) is 13.2. The Labute approximate surface area is 113 Å². The molecule has 6 heteroatoms. The average Bonchev–Trinajstić information content (AvgIpc) is 3.27. The van der Waals surface area contributed by atoms with Crippen LogP contribution in [-0.4, -0.2) is 29.2 Å². The van der Waals surface area contributed by atoms with Gasteiger partial charge in [-0.2, -0.15) is 0 Å². The lowest BCUT2D eigenvalue weighted by atomic mass is 10.1. The minimum absolute atomic E-state index is 0.333. The second-order valence-electron chi connectivity index (χ2n) is 5.38.